The number of halogens is 1. The number of esters is 1. The minimum atomic E-state index is -1.35. The van der Waals surface area contributed by atoms with Gasteiger partial charge in [0.25, 0.3) is 0 Å². The standard InChI is InChI=1S/C29H39ClO7/c1-15-11-21(37-24(32)16(15)2)20-14-36-29(35-5)13-19-17(18-8-10-27(20,33)26(18,29)4)12-22(30)28(34)9-6-7-23(31)25(19,28)3/h6-7,17-22,33-34H,8-14H2,1-5H3/t17-,18+,19-,20+,21+,22-,25-,26-,27+,28+,29-/m0/s1. The molecule has 0 aromatic carbocycles. The van der Waals surface area contributed by atoms with Crippen molar-refractivity contribution in [3.05, 3.63) is 23.3 Å². The molecule has 204 valence electrons. The van der Waals surface area contributed by atoms with E-state index in [0.717, 1.165) is 12.0 Å². The van der Waals surface area contributed by atoms with Crippen LogP contribution in [0, 0.1) is 34.5 Å². The van der Waals surface area contributed by atoms with Gasteiger partial charge in [0.05, 0.1) is 34.0 Å². The number of hydrogen-bond acceptors (Lipinski definition) is 7. The third-order valence-corrected chi connectivity index (χ3v) is 12.8. The first kappa shape index (κ1) is 26.0. The van der Waals surface area contributed by atoms with Crippen LogP contribution in [-0.2, 0) is 23.8 Å². The van der Waals surface area contributed by atoms with E-state index in [2.05, 4.69) is 6.92 Å². The van der Waals surface area contributed by atoms with E-state index in [1.54, 1.807) is 26.2 Å². The van der Waals surface area contributed by atoms with Crippen molar-refractivity contribution in [3.63, 3.8) is 0 Å². The topological polar surface area (TPSA) is 102 Å². The zero-order valence-corrected chi connectivity index (χ0v) is 23.1. The number of carbonyl (C=O) groups is 2. The number of ketones is 1. The molecule has 4 aliphatic carbocycles. The van der Waals surface area contributed by atoms with E-state index in [4.69, 9.17) is 25.8 Å². The summed E-state index contributed by atoms with van der Waals surface area (Å²) in [4.78, 5) is 26.1. The quantitative estimate of drug-likeness (QED) is 0.411. The average molecular weight is 535 g/mol. The molecule has 37 heavy (non-hydrogen) atoms. The van der Waals surface area contributed by atoms with Crippen molar-refractivity contribution in [2.24, 2.45) is 34.5 Å². The Hall–Kier alpha value is -1.25. The van der Waals surface area contributed by atoms with E-state index in [0.29, 0.717) is 37.7 Å². The van der Waals surface area contributed by atoms with Gasteiger partial charge in [0.15, 0.2) is 11.6 Å². The summed E-state index contributed by atoms with van der Waals surface area (Å²) in [6.07, 6.45) is 5.91. The molecular formula is C29H39ClO7. The molecule has 0 radical (unpaired) electrons. The van der Waals surface area contributed by atoms with Crippen molar-refractivity contribution in [3.8, 4) is 0 Å². The summed E-state index contributed by atoms with van der Waals surface area (Å²) < 4.78 is 18.8. The van der Waals surface area contributed by atoms with E-state index in [1.807, 2.05) is 13.8 Å². The summed E-state index contributed by atoms with van der Waals surface area (Å²) in [6.45, 7) is 7.83. The van der Waals surface area contributed by atoms with Crippen LogP contribution in [-0.4, -0.2) is 64.2 Å². The van der Waals surface area contributed by atoms with Crippen LogP contribution >= 0.6 is 11.6 Å². The van der Waals surface area contributed by atoms with Crippen LogP contribution in [0.4, 0.5) is 0 Å². The molecule has 7 nitrogen and oxygen atoms in total. The maximum Gasteiger partial charge on any atom is 0.333 e. The normalized spacial score (nSPS) is 54.9. The van der Waals surface area contributed by atoms with Gasteiger partial charge in [-0.25, -0.2) is 4.79 Å². The molecule has 0 unspecified atom stereocenters. The Labute approximate surface area is 223 Å². The fourth-order valence-electron chi connectivity index (χ4n) is 9.76. The molecule has 0 aromatic heterocycles. The number of alkyl halides is 1. The summed E-state index contributed by atoms with van der Waals surface area (Å²) in [7, 11) is 1.61. The van der Waals surface area contributed by atoms with Crippen LogP contribution in [0.25, 0.3) is 0 Å². The Morgan fingerprint density at radius 3 is 2.51 bits per heavy atom. The Morgan fingerprint density at radius 1 is 1.11 bits per heavy atom. The van der Waals surface area contributed by atoms with Gasteiger partial charge in [0, 0.05) is 31.4 Å². The molecular weight excluding hydrogens is 496 g/mol. The van der Waals surface area contributed by atoms with Gasteiger partial charge in [0.1, 0.15) is 6.10 Å². The van der Waals surface area contributed by atoms with Crippen molar-refractivity contribution < 1.29 is 34.0 Å². The fourth-order valence-corrected chi connectivity index (χ4v) is 10.3. The van der Waals surface area contributed by atoms with Crippen LogP contribution in [0.5, 0.6) is 0 Å². The SMILES string of the molecule is CO[C@@]12C[C@H]3[C@@H](C[C@H](Cl)[C@]4(O)CC=CC(=O)[C@]34C)[C@H]3CC[C@@](O)([C@@H]([C@H]4CC(C)=C(C)C(=O)O4)CO1)[C@]32C. The van der Waals surface area contributed by atoms with E-state index >= 15 is 0 Å². The van der Waals surface area contributed by atoms with Gasteiger partial charge in [-0.05, 0) is 70.3 Å². The summed E-state index contributed by atoms with van der Waals surface area (Å²) >= 11 is 6.94. The fraction of sp³-hybridized carbons (Fsp3) is 0.793. The number of hydrogen-bond donors (Lipinski definition) is 2. The predicted molar refractivity (Wildman–Crippen MR) is 136 cm³/mol. The van der Waals surface area contributed by atoms with E-state index in [9.17, 15) is 19.8 Å². The smallest absolute Gasteiger partial charge is 0.333 e. The maximum absolute atomic E-state index is 13.5. The zero-order valence-electron chi connectivity index (χ0n) is 22.4. The van der Waals surface area contributed by atoms with Gasteiger partial charge in [-0.2, -0.15) is 0 Å². The molecule has 0 aromatic rings. The number of carbonyl (C=O) groups excluding carboxylic acids is 2. The number of allylic oxidation sites excluding steroid dienone is 1. The Kier molecular flexibility index (Phi) is 5.56. The third kappa shape index (κ3) is 2.83. The molecule has 3 saturated carbocycles. The number of cyclic esters (lactones) is 1. The second-order valence-electron chi connectivity index (χ2n) is 13.0. The van der Waals surface area contributed by atoms with Gasteiger partial charge in [-0.15, -0.1) is 11.6 Å². The van der Waals surface area contributed by atoms with Crippen LogP contribution in [0.2, 0.25) is 0 Å². The van der Waals surface area contributed by atoms with Crippen LogP contribution in [0.3, 0.4) is 0 Å². The maximum atomic E-state index is 13.5. The lowest BCUT2D eigenvalue weighted by atomic mass is 9.41. The molecule has 6 aliphatic rings. The monoisotopic (exact) mass is 534 g/mol. The highest BCUT2D eigenvalue weighted by Gasteiger charge is 2.80. The van der Waals surface area contributed by atoms with E-state index < -0.39 is 45.2 Å². The number of ether oxygens (including phenoxy) is 3. The Bertz CT molecular complexity index is 1120. The van der Waals surface area contributed by atoms with E-state index in [-0.39, 0.29) is 36.1 Å². The van der Waals surface area contributed by atoms with Crippen molar-refractivity contribution in [1.82, 2.24) is 0 Å². The van der Waals surface area contributed by atoms with Gasteiger partial charge in [-0.3, -0.25) is 4.79 Å². The first-order chi connectivity index (χ1) is 17.3. The van der Waals surface area contributed by atoms with E-state index in [1.165, 1.54) is 0 Å². The highest BCUT2D eigenvalue weighted by atomic mass is 35.5. The molecule has 4 fully saturated rings. The average Bonchev–Trinajstić information content (AvgIpc) is 3.13. The highest BCUT2D eigenvalue weighted by Crippen LogP contribution is 2.74. The number of aliphatic hydroxyl groups is 2. The minimum Gasteiger partial charge on any atom is -0.458 e. The van der Waals surface area contributed by atoms with Crippen molar-refractivity contribution in [1.29, 1.82) is 0 Å². The Balaban J connectivity index is 1.45. The lowest BCUT2D eigenvalue weighted by molar-refractivity contribution is -0.407. The highest BCUT2D eigenvalue weighted by molar-refractivity contribution is 6.22. The minimum absolute atomic E-state index is 0.00524. The number of rotatable bonds is 2. The molecule has 0 bridgehead atoms. The first-order valence-corrected chi connectivity index (χ1v) is 14.1. The van der Waals surface area contributed by atoms with Gasteiger partial charge in [0.2, 0.25) is 0 Å². The third-order valence-electron chi connectivity index (χ3n) is 12.2. The molecule has 6 rings (SSSR count). The Morgan fingerprint density at radius 2 is 1.84 bits per heavy atom. The van der Waals surface area contributed by atoms with Crippen LogP contribution in [0.15, 0.2) is 23.3 Å². The summed E-state index contributed by atoms with van der Waals surface area (Å²) in [5.74, 6) is -2.25. The second-order valence-corrected chi connectivity index (χ2v) is 13.5. The van der Waals surface area contributed by atoms with Crippen molar-refractivity contribution >= 4 is 23.4 Å². The van der Waals surface area contributed by atoms with Crippen molar-refractivity contribution in [2.45, 2.75) is 94.7 Å². The number of methoxy groups -OCH3 is 1. The second kappa shape index (κ2) is 7.91. The van der Waals surface area contributed by atoms with Gasteiger partial charge >= 0.3 is 5.97 Å². The van der Waals surface area contributed by atoms with Gasteiger partial charge in [-0.1, -0.05) is 18.6 Å². The summed E-state index contributed by atoms with van der Waals surface area (Å²) in [6, 6.07) is 0. The molecule has 0 amide bonds. The summed E-state index contributed by atoms with van der Waals surface area (Å²) in [5, 5.41) is 23.9. The van der Waals surface area contributed by atoms with Gasteiger partial charge < -0.3 is 24.4 Å². The predicted octanol–water partition coefficient (Wildman–Crippen LogP) is 3.69. The lowest BCUT2D eigenvalue weighted by Gasteiger charge is -2.70. The molecule has 2 heterocycles. The molecule has 2 aliphatic heterocycles. The molecule has 8 heteroatoms. The van der Waals surface area contributed by atoms with Crippen LogP contribution < -0.4 is 0 Å². The molecule has 11 atom stereocenters. The van der Waals surface area contributed by atoms with Crippen LogP contribution in [0.1, 0.15) is 66.2 Å². The largest absolute Gasteiger partial charge is 0.458 e. The lowest BCUT2D eigenvalue weighted by Crippen LogP contribution is -2.77. The molecule has 1 saturated heterocycles. The first-order valence-electron chi connectivity index (χ1n) is 13.7. The summed E-state index contributed by atoms with van der Waals surface area (Å²) in [5.41, 5.74) is -2.84. The van der Waals surface area contributed by atoms with Crippen molar-refractivity contribution in [2.75, 3.05) is 13.7 Å². The zero-order chi connectivity index (χ0) is 26.8. The number of fused-ring (bicyclic) bond motifs is 4. The molecule has 2 N–H and O–H groups in total. The molecule has 0 spiro atoms.